The molecule has 3 fully saturated rings. The lowest BCUT2D eigenvalue weighted by Gasteiger charge is -2.36. The van der Waals surface area contributed by atoms with E-state index in [0.29, 0.717) is 12.1 Å². The van der Waals surface area contributed by atoms with E-state index in [1.807, 2.05) is 0 Å². The number of thiocarbonyl (C=S) groups is 1. The predicted molar refractivity (Wildman–Crippen MR) is 70.9 cm³/mol. The lowest BCUT2D eigenvalue weighted by molar-refractivity contribution is 0.0159. The molecule has 0 aromatic heterocycles. The Hall–Kier alpha value is -0.390. The van der Waals surface area contributed by atoms with E-state index < -0.39 is 0 Å². The third kappa shape index (κ3) is 2.41. The monoisotopic (exact) mass is 255 g/mol. The first-order chi connectivity index (χ1) is 8.34. The highest BCUT2D eigenvalue weighted by atomic mass is 32.1. The molecular formula is C12H21N3OS. The first-order valence-corrected chi connectivity index (χ1v) is 7.12. The molecule has 2 saturated heterocycles. The van der Waals surface area contributed by atoms with Crippen LogP contribution in [0.5, 0.6) is 0 Å². The maximum absolute atomic E-state index is 5.48. The van der Waals surface area contributed by atoms with Gasteiger partial charge in [-0.1, -0.05) is 12.8 Å². The largest absolute Gasteiger partial charge is 0.379 e. The van der Waals surface area contributed by atoms with Gasteiger partial charge in [0.2, 0.25) is 0 Å². The molecule has 0 bridgehead atoms. The molecule has 2 aliphatic heterocycles. The molecule has 2 atom stereocenters. The van der Waals surface area contributed by atoms with Gasteiger partial charge in [-0.05, 0) is 25.1 Å². The Balaban J connectivity index is 1.62. The van der Waals surface area contributed by atoms with Gasteiger partial charge in [-0.25, -0.2) is 0 Å². The molecule has 1 aliphatic carbocycles. The van der Waals surface area contributed by atoms with Crippen LogP contribution < -0.4 is 5.32 Å². The third-order valence-corrected chi connectivity index (χ3v) is 4.51. The van der Waals surface area contributed by atoms with E-state index in [1.54, 1.807) is 0 Å². The minimum absolute atomic E-state index is 0.609. The van der Waals surface area contributed by atoms with Crippen LogP contribution in [-0.4, -0.2) is 60.0 Å². The molecule has 0 amide bonds. The van der Waals surface area contributed by atoms with Gasteiger partial charge in [-0.3, -0.25) is 4.90 Å². The fourth-order valence-electron chi connectivity index (χ4n) is 3.17. The molecule has 3 rings (SSSR count). The summed E-state index contributed by atoms with van der Waals surface area (Å²) in [7, 11) is 0. The molecular weight excluding hydrogens is 234 g/mol. The second-order valence-electron chi connectivity index (χ2n) is 5.25. The normalized spacial score (nSPS) is 34.6. The molecule has 17 heavy (non-hydrogen) atoms. The molecule has 0 radical (unpaired) electrons. The minimum Gasteiger partial charge on any atom is -0.379 e. The molecule has 5 heteroatoms. The highest BCUT2D eigenvalue weighted by molar-refractivity contribution is 7.80. The van der Waals surface area contributed by atoms with E-state index in [0.717, 1.165) is 38.1 Å². The second-order valence-corrected chi connectivity index (χ2v) is 5.64. The summed E-state index contributed by atoms with van der Waals surface area (Å²) in [6.45, 7) is 4.79. The Bertz CT molecular complexity index is 293. The number of nitrogens with zero attached hydrogens (tertiary/aromatic N) is 2. The number of ether oxygens (including phenoxy) is 1. The van der Waals surface area contributed by atoms with Crippen molar-refractivity contribution < 1.29 is 4.74 Å². The summed E-state index contributed by atoms with van der Waals surface area (Å²) in [5.74, 6) is 0. The van der Waals surface area contributed by atoms with E-state index in [1.165, 1.54) is 25.7 Å². The summed E-state index contributed by atoms with van der Waals surface area (Å²) < 4.78 is 5.39. The molecule has 4 nitrogen and oxygen atoms in total. The van der Waals surface area contributed by atoms with Crippen molar-refractivity contribution in [2.45, 2.75) is 37.8 Å². The summed E-state index contributed by atoms with van der Waals surface area (Å²) >= 11 is 5.48. The molecule has 96 valence electrons. The Kier molecular flexibility index (Phi) is 3.49. The van der Waals surface area contributed by atoms with Gasteiger partial charge in [0.1, 0.15) is 0 Å². The third-order valence-electron chi connectivity index (χ3n) is 4.16. The van der Waals surface area contributed by atoms with Gasteiger partial charge in [0.25, 0.3) is 0 Å². The first kappa shape index (κ1) is 11.7. The Morgan fingerprint density at radius 1 is 1.24 bits per heavy atom. The Labute approximate surface area is 108 Å². The minimum atomic E-state index is 0.609. The molecule has 1 N–H and O–H groups in total. The zero-order valence-corrected chi connectivity index (χ0v) is 11.0. The fourth-order valence-corrected chi connectivity index (χ4v) is 3.52. The van der Waals surface area contributed by atoms with Crippen molar-refractivity contribution >= 4 is 17.3 Å². The van der Waals surface area contributed by atoms with Crippen LogP contribution >= 0.6 is 12.2 Å². The molecule has 1 saturated carbocycles. The summed E-state index contributed by atoms with van der Waals surface area (Å²) in [6, 6.07) is 1.25. The maximum Gasteiger partial charge on any atom is 0.170 e. The smallest absolute Gasteiger partial charge is 0.170 e. The van der Waals surface area contributed by atoms with E-state index in [4.69, 9.17) is 17.0 Å². The fraction of sp³-hybridized carbons (Fsp3) is 0.917. The van der Waals surface area contributed by atoms with Crippen molar-refractivity contribution in [1.29, 1.82) is 0 Å². The van der Waals surface area contributed by atoms with Crippen molar-refractivity contribution in [2.24, 2.45) is 0 Å². The highest BCUT2D eigenvalue weighted by Gasteiger charge is 2.38. The lowest BCUT2D eigenvalue weighted by atomic mass is 9.91. The van der Waals surface area contributed by atoms with Gasteiger partial charge in [-0.15, -0.1) is 0 Å². The van der Waals surface area contributed by atoms with Gasteiger partial charge in [0.05, 0.1) is 25.9 Å². The van der Waals surface area contributed by atoms with Gasteiger partial charge in [-0.2, -0.15) is 0 Å². The van der Waals surface area contributed by atoms with Gasteiger partial charge in [0, 0.05) is 19.1 Å². The van der Waals surface area contributed by atoms with Crippen molar-refractivity contribution in [3.8, 4) is 0 Å². The molecule has 2 heterocycles. The maximum atomic E-state index is 5.48. The van der Waals surface area contributed by atoms with Crippen molar-refractivity contribution in [2.75, 3.05) is 33.0 Å². The number of nitrogens with one attached hydrogen (secondary N) is 1. The summed E-state index contributed by atoms with van der Waals surface area (Å²) in [5.41, 5.74) is 0. The molecule has 0 spiro atoms. The number of rotatable bonds is 2. The van der Waals surface area contributed by atoms with Crippen molar-refractivity contribution in [3.05, 3.63) is 0 Å². The molecule has 0 unspecified atom stereocenters. The second kappa shape index (κ2) is 5.08. The molecule has 0 aromatic rings. The average molecular weight is 255 g/mol. The van der Waals surface area contributed by atoms with Crippen LogP contribution in [0.2, 0.25) is 0 Å². The van der Waals surface area contributed by atoms with E-state index in [2.05, 4.69) is 15.1 Å². The van der Waals surface area contributed by atoms with Crippen LogP contribution in [-0.2, 0) is 4.74 Å². The number of hydrogen-bond donors (Lipinski definition) is 1. The van der Waals surface area contributed by atoms with E-state index in [9.17, 15) is 0 Å². The highest BCUT2D eigenvalue weighted by Crippen LogP contribution is 2.28. The van der Waals surface area contributed by atoms with Gasteiger partial charge >= 0.3 is 0 Å². The zero-order valence-electron chi connectivity index (χ0n) is 10.2. The van der Waals surface area contributed by atoms with E-state index in [-0.39, 0.29) is 0 Å². The Morgan fingerprint density at radius 2 is 2.00 bits per heavy atom. The van der Waals surface area contributed by atoms with Crippen molar-refractivity contribution in [3.63, 3.8) is 0 Å². The SMILES string of the molecule is S=C1N[C@@H]2CCCC[C@@H]2N1CN1CCOCC1. The molecule has 0 aromatic carbocycles. The summed E-state index contributed by atoms with van der Waals surface area (Å²) in [5, 5.41) is 4.46. The quantitative estimate of drug-likeness (QED) is 0.736. The van der Waals surface area contributed by atoms with Crippen LogP contribution in [0.3, 0.4) is 0 Å². The van der Waals surface area contributed by atoms with Crippen LogP contribution in [0, 0.1) is 0 Å². The van der Waals surface area contributed by atoms with Gasteiger partial charge in [0.15, 0.2) is 5.11 Å². The van der Waals surface area contributed by atoms with Gasteiger partial charge < -0.3 is 15.0 Å². The topological polar surface area (TPSA) is 27.7 Å². The van der Waals surface area contributed by atoms with Crippen molar-refractivity contribution in [1.82, 2.24) is 15.1 Å². The van der Waals surface area contributed by atoms with Crippen LogP contribution in [0.25, 0.3) is 0 Å². The Morgan fingerprint density at radius 3 is 2.82 bits per heavy atom. The number of hydrogen-bond acceptors (Lipinski definition) is 3. The number of morpholine rings is 1. The lowest BCUT2D eigenvalue weighted by Crippen LogP contribution is -2.48. The summed E-state index contributed by atoms with van der Waals surface area (Å²) in [6.07, 6.45) is 5.28. The van der Waals surface area contributed by atoms with Crippen LogP contribution in [0.1, 0.15) is 25.7 Å². The standard InChI is InChI=1S/C12H21N3OS/c17-12-13-10-3-1-2-4-11(10)15(12)9-14-5-7-16-8-6-14/h10-11H,1-9H2,(H,13,17)/t10-,11+/m1/s1. The zero-order chi connectivity index (χ0) is 11.7. The number of fused-ring (bicyclic) bond motifs is 1. The summed E-state index contributed by atoms with van der Waals surface area (Å²) in [4.78, 5) is 4.86. The van der Waals surface area contributed by atoms with E-state index >= 15 is 0 Å². The first-order valence-electron chi connectivity index (χ1n) is 6.72. The van der Waals surface area contributed by atoms with Crippen LogP contribution in [0.4, 0.5) is 0 Å². The average Bonchev–Trinajstić information content (AvgIpc) is 2.68. The predicted octanol–water partition coefficient (Wildman–Crippen LogP) is 0.777. The van der Waals surface area contributed by atoms with Crippen LogP contribution in [0.15, 0.2) is 0 Å². The molecule has 3 aliphatic rings.